The number of hydrogen-bond acceptors (Lipinski definition) is 14. The molecule has 1 aliphatic heterocycles. The van der Waals surface area contributed by atoms with Crippen molar-refractivity contribution in [2.75, 3.05) is 6.61 Å². The van der Waals surface area contributed by atoms with Crippen LogP contribution in [0, 0.1) is 23.7 Å². The van der Waals surface area contributed by atoms with E-state index in [-0.39, 0.29) is 29.7 Å². The van der Waals surface area contributed by atoms with Crippen LogP contribution in [0.4, 0.5) is 4.79 Å². The van der Waals surface area contributed by atoms with Crippen molar-refractivity contribution in [3.05, 3.63) is 82.4 Å². The number of aliphatic hydroxyl groups is 4. The third kappa shape index (κ3) is 7.45. The average molecular weight is 822 g/mol. The molecule has 11 atom stereocenters. The molecule has 2 saturated carbocycles. The van der Waals surface area contributed by atoms with Crippen LogP contribution in [0.25, 0.3) is 0 Å². The molecule has 1 unspecified atom stereocenters. The number of Topliss-reactive ketones (excluding diaryl/α,β-unsaturated/α-hetero) is 1. The maximum Gasteiger partial charge on any atom is 0.408 e. The minimum Gasteiger partial charge on any atom is -0.456 e. The first-order valence-corrected chi connectivity index (χ1v) is 19.7. The van der Waals surface area contributed by atoms with Crippen LogP contribution >= 0.6 is 0 Å². The molecule has 4 aliphatic rings. The fourth-order valence-corrected chi connectivity index (χ4v) is 9.67. The molecule has 3 fully saturated rings. The molecule has 1 heterocycles. The first kappa shape index (κ1) is 43.9. The largest absolute Gasteiger partial charge is 0.456 e. The number of carbonyl (C=O) groups is 5. The quantitative estimate of drug-likeness (QED) is 0.146. The van der Waals surface area contributed by atoms with E-state index < -0.39 is 112 Å². The van der Waals surface area contributed by atoms with Gasteiger partial charge in [0.25, 0.3) is 0 Å². The van der Waals surface area contributed by atoms with E-state index in [9.17, 15) is 44.4 Å². The lowest BCUT2D eigenvalue weighted by molar-refractivity contribution is -0.346. The zero-order valence-electron chi connectivity index (χ0n) is 34.8. The van der Waals surface area contributed by atoms with Gasteiger partial charge in [0.15, 0.2) is 17.5 Å². The van der Waals surface area contributed by atoms with E-state index in [1.807, 2.05) is 6.92 Å². The molecule has 0 radical (unpaired) electrons. The molecule has 15 nitrogen and oxygen atoms in total. The summed E-state index contributed by atoms with van der Waals surface area (Å²) in [5.41, 5.74) is -7.27. The van der Waals surface area contributed by atoms with Gasteiger partial charge in [-0.05, 0) is 70.4 Å². The predicted molar refractivity (Wildman–Crippen MR) is 208 cm³/mol. The van der Waals surface area contributed by atoms with Gasteiger partial charge in [0, 0.05) is 25.2 Å². The molecule has 6 rings (SSSR count). The Balaban J connectivity index is 1.49. The van der Waals surface area contributed by atoms with Crippen LogP contribution in [0.15, 0.2) is 65.7 Å². The van der Waals surface area contributed by atoms with Gasteiger partial charge >= 0.3 is 24.0 Å². The van der Waals surface area contributed by atoms with Gasteiger partial charge < -0.3 is 49.4 Å². The Kier molecular flexibility index (Phi) is 11.5. The summed E-state index contributed by atoms with van der Waals surface area (Å²) in [5, 5.41) is 51.7. The molecule has 2 bridgehead atoms. The lowest BCUT2D eigenvalue weighted by atomic mass is 9.44. The highest BCUT2D eigenvalue weighted by atomic mass is 16.6. The van der Waals surface area contributed by atoms with Crippen LogP contribution in [0.2, 0.25) is 0 Å². The maximum atomic E-state index is 15.0. The van der Waals surface area contributed by atoms with E-state index in [2.05, 4.69) is 5.32 Å². The van der Waals surface area contributed by atoms with E-state index in [4.69, 9.17) is 23.7 Å². The lowest BCUT2D eigenvalue weighted by Crippen LogP contribution is -2.81. The third-order valence-electron chi connectivity index (χ3n) is 12.8. The van der Waals surface area contributed by atoms with Crippen LogP contribution < -0.4 is 5.32 Å². The Morgan fingerprint density at radius 2 is 1.58 bits per heavy atom. The molecule has 320 valence electrons. The van der Waals surface area contributed by atoms with Crippen molar-refractivity contribution in [3.63, 3.8) is 0 Å². The van der Waals surface area contributed by atoms with Crippen molar-refractivity contribution in [3.8, 4) is 0 Å². The van der Waals surface area contributed by atoms with Crippen molar-refractivity contribution in [1.82, 2.24) is 5.32 Å². The minimum absolute atomic E-state index is 0.0633. The number of fused-ring (bicyclic) bond motifs is 5. The Labute approximate surface area is 343 Å². The summed E-state index contributed by atoms with van der Waals surface area (Å²) >= 11 is 0. The maximum absolute atomic E-state index is 15.0. The highest BCUT2D eigenvalue weighted by molar-refractivity contribution is 5.94. The average Bonchev–Trinajstić information content (AvgIpc) is 3.15. The number of aliphatic hydroxyl groups excluding tert-OH is 3. The number of alkyl carbamates (subject to hydrolysis) is 1. The van der Waals surface area contributed by atoms with Gasteiger partial charge in [-0.1, -0.05) is 61.9 Å². The number of amides is 1. The van der Waals surface area contributed by atoms with Crippen LogP contribution in [0.1, 0.15) is 95.8 Å². The molecule has 3 aliphatic carbocycles. The molecule has 2 aromatic carbocycles. The summed E-state index contributed by atoms with van der Waals surface area (Å²) in [5.74, 6) is -5.36. The molecule has 59 heavy (non-hydrogen) atoms. The topological polar surface area (TPSA) is 224 Å². The summed E-state index contributed by atoms with van der Waals surface area (Å²) < 4.78 is 29.6. The molecule has 1 saturated heterocycles. The van der Waals surface area contributed by atoms with E-state index in [1.165, 1.54) is 26.0 Å². The number of ketones is 1. The number of ether oxygens (including phenoxy) is 5. The number of nitrogens with one attached hydrogen (secondary N) is 1. The number of aryl methyl sites for hydroxylation is 1. The molecule has 0 aromatic heterocycles. The minimum atomic E-state index is -2.36. The van der Waals surface area contributed by atoms with Gasteiger partial charge in [-0.15, -0.1) is 0 Å². The van der Waals surface area contributed by atoms with Crippen molar-refractivity contribution in [2.45, 2.75) is 135 Å². The van der Waals surface area contributed by atoms with Gasteiger partial charge in [-0.25, -0.2) is 14.4 Å². The second kappa shape index (κ2) is 15.4. The summed E-state index contributed by atoms with van der Waals surface area (Å²) in [4.78, 5) is 69.1. The number of rotatable bonds is 8. The SMILES string of the molecule is CC(=O)O[C@@]12CO[C@@H]1C[C@H](O)[C@@]1(C)C(=O)[C@H](O)C3=C(C)[C@@H](OC(=O)[C@H](O)C(NC(=O)OC(C)(C)C)c4ccc(C)cc4)C[C@@](O)([C@@H](OC(=O)c4ccccc4)[C@H]21)C3(C)C. The molecular weight excluding hydrogens is 766 g/mol. The standard InChI is InChI=1S/C44H55NO14/c1-22-15-17-25(18-16-22)31(45-39(53)59-40(4,5)6)33(49)38(52)56-27-20-44(54)36(57-37(51)26-13-11-10-12-14-26)34-42(9,35(50)32(48)30(23(27)2)41(44,7)8)28(47)19-29-43(34,21-55-29)58-24(3)46/h10-18,27-29,31-34,36,47-49,54H,19-21H2,1-9H3,(H,45,53)/t27-,28-,29+,31?,32+,33+,34-,36-,42+,43-,44+/m0/s1. The monoisotopic (exact) mass is 821 g/mol. The number of carbonyl (C=O) groups excluding carboxylic acids is 5. The van der Waals surface area contributed by atoms with Crippen molar-refractivity contribution < 1.29 is 68.1 Å². The zero-order chi connectivity index (χ0) is 43.6. The van der Waals surface area contributed by atoms with E-state index in [1.54, 1.807) is 77.1 Å². The van der Waals surface area contributed by atoms with Gasteiger partial charge in [0.05, 0.1) is 35.6 Å². The second-order valence-electron chi connectivity index (χ2n) is 18.1. The summed E-state index contributed by atoms with van der Waals surface area (Å²) in [7, 11) is 0. The molecule has 1 amide bonds. The smallest absolute Gasteiger partial charge is 0.408 e. The number of benzene rings is 2. The summed E-state index contributed by atoms with van der Waals surface area (Å²) in [6.45, 7) is 13.6. The van der Waals surface area contributed by atoms with Crippen molar-refractivity contribution >= 4 is 29.8 Å². The highest BCUT2D eigenvalue weighted by Gasteiger charge is 2.78. The van der Waals surface area contributed by atoms with Crippen LogP contribution in [0.3, 0.4) is 0 Å². The van der Waals surface area contributed by atoms with Crippen LogP contribution in [0.5, 0.6) is 0 Å². The van der Waals surface area contributed by atoms with E-state index in [0.717, 1.165) is 12.5 Å². The fraction of sp³-hybridized carbons (Fsp3) is 0.568. The Bertz CT molecular complexity index is 2020. The van der Waals surface area contributed by atoms with Gasteiger partial charge in [-0.3, -0.25) is 9.59 Å². The van der Waals surface area contributed by atoms with Gasteiger partial charge in [0.2, 0.25) is 0 Å². The fourth-order valence-electron chi connectivity index (χ4n) is 9.67. The van der Waals surface area contributed by atoms with Gasteiger partial charge in [0.1, 0.15) is 35.6 Å². The molecule has 15 heteroatoms. The van der Waals surface area contributed by atoms with Gasteiger partial charge in [-0.2, -0.15) is 0 Å². The predicted octanol–water partition coefficient (Wildman–Crippen LogP) is 3.57. The van der Waals surface area contributed by atoms with Crippen LogP contribution in [-0.4, -0.2) is 110 Å². The Morgan fingerprint density at radius 1 is 0.949 bits per heavy atom. The summed E-state index contributed by atoms with van der Waals surface area (Å²) in [6, 6.07) is 13.2. The molecule has 0 spiro atoms. The Hall–Kier alpha value is -4.67. The molecular formula is C44H55NO14. The van der Waals surface area contributed by atoms with E-state index in [0.29, 0.717) is 5.56 Å². The van der Waals surface area contributed by atoms with Crippen molar-refractivity contribution in [2.24, 2.45) is 16.7 Å². The Morgan fingerprint density at radius 3 is 2.14 bits per heavy atom. The zero-order valence-corrected chi connectivity index (χ0v) is 34.8. The number of esters is 3. The number of hydrogen-bond donors (Lipinski definition) is 5. The van der Waals surface area contributed by atoms with Crippen molar-refractivity contribution in [1.29, 1.82) is 0 Å². The molecule has 2 aromatic rings. The first-order chi connectivity index (χ1) is 27.4. The van der Waals surface area contributed by atoms with Crippen LogP contribution in [-0.2, 0) is 38.1 Å². The lowest BCUT2D eigenvalue weighted by Gasteiger charge is -2.67. The molecule has 5 N–H and O–H groups in total. The second-order valence-corrected chi connectivity index (χ2v) is 18.1. The first-order valence-electron chi connectivity index (χ1n) is 19.7. The van der Waals surface area contributed by atoms with E-state index >= 15 is 0 Å². The third-order valence-corrected chi connectivity index (χ3v) is 12.8. The normalized spacial score (nSPS) is 33.3. The highest BCUT2D eigenvalue weighted by Crippen LogP contribution is 2.64. The summed E-state index contributed by atoms with van der Waals surface area (Å²) in [6.07, 6.45) is -11.5.